The van der Waals surface area contributed by atoms with Crippen LogP contribution >= 0.6 is 0 Å². The Balaban J connectivity index is 2.26. The van der Waals surface area contributed by atoms with Crippen molar-refractivity contribution < 1.29 is 8.78 Å². The molecule has 1 N–H and O–H groups in total. The maximum atomic E-state index is 14.1. The Kier molecular flexibility index (Phi) is 4.17. The Morgan fingerprint density at radius 3 is 2.50 bits per heavy atom. The first-order valence-electron chi connectivity index (χ1n) is 6.58. The van der Waals surface area contributed by atoms with Crippen LogP contribution in [-0.4, -0.2) is 19.1 Å². The number of nitrogens with one attached hydrogen (secondary N) is 1. The van der Waals surface area contributed by atoms with Gasteiger partial charge in [0.2, 0.25) is 0 Å². The van der Waals surface area contributed by atoms with Gasteiger partial charge in [0, 0.05) is 19.1 Å². The van der Waals surface area contributed by atoms with Crippen LogP contribution in [0.4, 0.5) is 14.5 Å². The van der Waals surface area contributed by atoms with E-state index < -0.39 is 11.6 Å². The van der Waals surface area contributed by atoms with Gasteiger partial charge in [-0.25, -0.2) is 8.78 Å². The van der Waals surface area contributed by atoms with Crippen LogP contribution in [0.1, 0.15) is 32.3 Å². The largest absolute Gasteiger partial charge is 0.364 e. The molecule has 18 heavy (non-hydrogen) atoms. The molecule has 0 radical (unpaired) electrons. The Bertz CT molecular complexity index is 397. The van der Waals surface area contributed by atoms with E-state index in [4.69, 9.17) is 0 Å². The molecule has 0 spiro atoms. The average molecular weight is 254 g/mol. The Morgan fingerprint density at radius 1 is 1.33 bits per heavy atom. The van der Waals surface area contributed by atoms with Gasteiger partial charge in [-0.15, -0.1) is 0 Å². The summed E-state index contributed by atoms with van der Waals surface area (Å²) in [6, 6.07) is 3.09. The van der Waals surface area contributed by atoms with Crippen LogP contribution in [0.25, 0.3) is 0 Å². The van der Waals surface area contributed by atoms with Crippen LogP contribution in [-0.2, 0) is 6.54 Å². The van der Waals surface area contributed by atoms with E-state index in [1.807, 2.05) is 18.7 Å². The molecule has 1 aromatic carbocycles. The second kappa shape index (κ2) is 5.65. The molecule has 2 nitrogen and oxygen atoms in total. The molecular formula is C14H20F2N2. The highest BCUT2D eigenvalue weighted by molar-refractivity contribution is 5.52. The highest BCUT2D eigenvalue weighted by Crippen LogP contribution is 2.31. The standard InChI is InChI=1S/C14H20F2N2/c1-3-17-9-11-7-12(15)14(13(16)8-11)18-6-4-5-10(18)2/h7-8,10,17H,3-6,9H2,1-2H3. The minimum atomic E-state index is -0.448. The Hall–Kier alpha value is -1.16. The maximum Gasteiger partial charge on any atom is 0.149 e. The smallest absolute Gasteiger partial charge is 0.149 e. The lowest BCUT2D eigenvalue weighted by Crippen LogP contribution is -2.28. The lowest BCUT2D eigenvalue weighted by Gasteiger charge is -2.25. The monoisotopic (exact) mass is 254 g/mol. The van der Waals surface area contributed by atoms with Crippen molar-refractivity contribution in [3.63, 3.8) is 0 Å². The molecule has 0 aliphatic carbocycles. The average Bonchev–Trinajstić information content (AvgIpc) is 2.72. The molecule has 1 atom stereocenters. The molecule has 1 saturated heterocycles. The van der Waals surface area contributed by atoms with Gasteiger partial charge in [0.25, 0.3) is 0 Å². The number of benzene rings is 1. The summed E-state index contributed by atoms with van der Waals surface area (Å²) in [4.78, 5) is 1.84. The minimum Gasteiger partial charge on any atom is -0.364 e. The third-order valence-corrected chi connectivity index (χ3v) is 3.50. The van der Waals surface area contributed by atoms with Crippen LogP contribution in [0.5, 0.6) is 0 Å². The van der Waals surface area contributed by atoms with E-state index >= 15 is 0 Å². The van der Waals surface area contributed by atoms with Gasteiger partial charge in [-0.1, -0.05) is 6.92 Å². The van der Waals surface area contributed by atoms with Crippen LogP contribution in [0.2, 0.25) is 0 Å². The number of nitrogens with zero attached hydrogens (tertiary/aromatic N) is 1. The van der Waals surface area contributed by atoms with Crippen molar-refractivity contribution >= 4 is 5.69 Å². The van der Waals surface area contributed by atoms with Gasteiger partial charge >= 0.3 is 0 Å². The first-order chi connectivity index (χ1) is 8.63. The van der Waals surface area contributed by atoms with Crippen LogP contribution in [0.15, 0.2) is 12.1 Å². The van der Waals surface area contributed by atoms with E-state index in [2.05, 4.69) is 5.32 Å². The zero-order chi connectivity index (χ0) is 13.1. The normalized spacial score (nSPS) is 19.6. The van der Waals surface area contributed by atoms with Crippen molar-refractivity contribution in [2.45, 2.75) is 39.3 Å². The predicted molar refractivity (Wildman–Crippen MR) is 69.8 cm³/mol. The topological polar surface area (TPSA) is 15.3 Å². The highest BCUT2D eigenvalue weighted by atomic mass is 19.1. The van der Waals surface area contributed by atoms with Crippen molar-refractivity contribution in [2.75, 3.05) is 18.0 Å². The van der Waals surface area contributed by atoms with Crippen molar-refractivity contribution in [1.29, 1.82) is 0 Å². The fraction of sp³-hybridized carbons (Fsp3) is 0.571. The van der Waals surface area contributed by atoms with Gasteiger partial charge in [-0.2, -0.15) is 0 Å². The summed E-state index contributed by atoms with van der Waals surface area (Å²) in [7, 11) is 0. The Labute approximate surface area is 107 Å². The number of hydrogen-bond acceptors (Lipinski definition) is 2. The zero-order valence-corrected chi connectivity index (χ0v) is 11.0. The SMILES string of the molecule is CCNCc1cc(F)c(N2CCCC2C)c(F)c1. The van der Waals surface area contributed by atoms with Crippen LogP contribution in [0, 0.1) is 11.6 Å². The second-order valence-electron chi connectivity index (χ2n) is 4.87. The fourth-order valence-corrected chi connectivity index (χ4v) is 2.53. The van der Waals surface area contributed by atoms with Gasteiger partial charge in [-0.05, 0) is 44.0 Å². The molecule has 1 aliphatic rings. The Morgan fingerprint density at radius 2 is 2.00 bits per heavy atom. The first kappa shape index (κ1) is 13.3. The molecule has 2 rings (SSSR count). The molecule has 1 fully saturated rings. The minimum absolute atomic E-state index is 0.139. The van der Waals surface area contributed by atoms with Crippen molar-refractivity contribution in [1.82, 2.24) is 5.32 Å². The summed E-state index contributed by atoms with van der Waals surface area (Å²) in [6.07, 6.45) is 2.00. The van der Waals surface area contributed by atoms with E-state index in [1.54, 1.807) is 0 Å². The van der Waals surface area contributed by atoms with E-state index in [9.17, 15) is 8.78 Å². The third-order valence-electron chi connectivity index (χ3n) is 3.50. The second-order valence-corrected chi connectivity index (χ2v) is 4.87. The number of anilines is 1. The summed E-state index contributed by atoms with van der Waals surface area (Å²) in [6.45, 7) is 6.00. The quantitative estimate of drug-likeness (QED) is 0.888. The van der Waals surface area contributed by atoms with Gasteiger partial charge in [-0.3, -0.25) is 0 Å². The molecule has 1 aliphatic heterocycles. The van der Waals surface area contributed by atoms with E-state index in [0.29, 0.717) is 12.1 Å². The van der Waals surface area contributed by atoms with Crippen LogP contribution in [0.3, 0.4) is 0 Å². The highest BCUT2D eigenvalue weighted by Gasteiger charge is 2.26. The lowest BCUT2D eigenvalue weighted by atomic mass is 10.1. The third kappa shape index (κ3) is 2.64. The van der Waals surface area contributed by atoms with Crippen molar-refractivity contribution in [3.05, 3.63) is 29.3 Å². The van der Waals surface area contributed by atoms with E-state index in [1.165, 1.54) is 12.1 Å². The molecule has 0 amide bonds. The fourth-order valence-electron chi connectivity index (χ4n) is 2.53. The molecule has 1 heterocycles. The molecule has 0 bridgehead atoms. The van der Waals surface area contributed by atoms with Gasteiger partial charge < -0.3 is 10.2 Å². The van der Waals surface area contributed by atoms with E-state index in [-0.39, 0.29) is 11.7 Å². The molecule has 1 unspecified atom stereocenters. The number of halogens is 2. The molecule has 4 heteroatoms. The van der Waals surface area contributed by atoms with E-state index in [0.717, 1.165) is 25.9 Å². The van der Waals surface area contributed by atoms with Crippen molar-refractivity contribution in [3.8, 4) is 0 Å². The molecular weight excluding hydrogens is 234 g/mol. The van der Waals surface area contributed by atoms with Gasteiger partial charge in [0.15, 0.2) is 0 Å². The molecule has 0 saturated carbocycles. The molecule has 1 aromatic rings. The summed E-state index contributed by atoms with van der Waals surface area (Å²) in [5.41, 5.74) is 0.794. The molecule has 100 valence electrons. The predicted octanol–water partition coefficient (Wildman–Crippen LogP) is 3.06. The summed E-state index contributed by atoms with van der Waals surface area (Å²) in [5, 5.41) is 3.07. The van der Waals surface area contributed by atoms with Gasteiger partial charge in [0.05, 0.1) is 0 Å². The number of rotatable bonds is 4. The first-order valence-corrected chi connectivity index (χ1v) is 6.58. The number of hydrogen-bond donors (Lipinski definition) is 1. The maximum absolute atomic E-state index is 14.1. The van der Waals surface area contributed by atoms with Crippen molar-refractivity contribution in [2.24, 2.45) is 0 Å². The lowest BCUT2D eigenvalue weighted by molar-refractivity contribution is 0.562. The zero-order valence-electron chi connectivity index (χ0n) is 11.0. The summed E-state index contributed by atoms with van der Waals surface area (Å²) < 4.78 is 28.1. The molecule has 0 aromatic heterocycles. The van der Waals surface area contributed by atoms with Crippen LogP contribution < -0.4 is 10.2 Å². The van der Waals surface area contributed by atoms with Gasteiger partial charge in [0.1, 0.15) is 17.3 Å². The summed E-state index contributed by atoms with van der Waals surface area (Å²) in [5.74, 6) is -0.895. The summed E-state index contributed by atoms with van der Waals surface area (Å²) >= 11 is 0.